The van der Waals surface area contributed by atoms with Gasteiger partial charge in [-0.2, -0.15) is 0 Å². The van der Waals surface area contributed by atoms with Crippen LogP contribution in [0, 0.1) is 6.92 Å². The van der Waals surface area contributed by atoms with E-state index in [2.05, 4.69) is 35.3 Å². The number of hydrogen-bond acceptors (Lipinski definition) is 7. The highest BCUT2D eigenvalue weighted by Gasteiger charge is 2.40. The SMILES string of the molecule is Cc1cc(CN2CCCCCC2)ccc1NCCCCCCN1C[C@H](O)[C@@H](O)[C@H](O)[C@H]1CO. The summed E-state index contributed by atoms with van der Waals surface area (Å²) in [6.45, 7) is 7.41. The number of likely N-dealkylation sites (tertiary alicyclic amines) is 2. The van der Waals surface area contributed by atoms with Crippen molar-refractivity contribution < 1.29 is 20.4 Å². The van der Waals surface area contributed by atoms with E-state index in [0.29, 0.717) is 6.54 Å². The van der Waals surface area contributed by atoms with E-state index in [-0.39, 0.29) is 13.2 Å². The number of unbranched alkanes of at least 4 members (excludes halogenated alkanes) is 3. The fourth-order valence-corrected chi connectivity index (χ4v) is 5.23. The van der Waals surface area contributed by atoms with Gasteiger partial charge >= 0.3 is 0 Å². The Kier molecular flexibility index (Phi) is 10.9. The molecule has 0 saturated carbocycles. The standard InChI is InChI=1S/C26H45N3O4/c1-20-16-21(17-28-13-7-4-5-8-14-28)10-11-22(20)27-12-6-2-3-9-15-29-18-24(31)26(33)25(32)23(29)19-30/h10-11,16,23-27,30-33H,2-9,12-15,17-19H2,1H3/t23-,24+,25-,26-/m1/s1. The van der Waals surface area contributed by atoms with Crippen molar-refractivity contribution in [3.63, 3.8) is 0 Å². The zero-order valence-electron chi connectivity index (χ0n) is 20.3. The molecule has 0 bridgehead atoms. The van der Waals surface area contributed by atoms with Crippen LogP contribution in [0.3, 0.4) is 0 Å². The van der Waals surface area contributed by atoms with Crippen molar-refractivity contribution in [2.45, 2.75) is 89.2 Å². The van der Waals surface area contributed by atoms with Crippen molar-refractivity contribution in [3.8, 4) is 0 Å². The van der Waals surface area contributed by atoms with Crippen molar-refractivity contribution in [2.24, 2.45) is 0 Å². The third-order valence-electron chi connectivity index (χ3n) is 7.30. The van der Waals surface area contributed by atoms with Gasteiger partial charge in [0.05, 0.1) is 18.8 Å². The number of aliphatic hydroxyl groups excluding tert-OH is 4. The Morgan fingerprint density at radius 3 is 2.36 bits per heavy atom. The van der Waals surface area contributed by atoms with E-state index in [1.807, 2.05) is 4.90 Å². The molecule has 0 unspecified atom stereocenters. The molecular formula is C26H45N3O4. The summed E-state index contributed by atoms with van der Waals surface area (Å²) in [5.41, 5.74) is 3.93. The quantitative estimate of drug-likeness (QED) is 0.321. The molecule has 2 fully saturated rings. The lowest BCUT2D eigenvalue weighted by Gasteiger charge is -2.43. The van der Waals surface area contributed by atoms with Gasteiger partial charge < -0.3 is 25.7 Å². The van der Waals surface area contributed by atoms with Crippen LogP contribution in [0.25, 0.3) is 0 Å². The van der Waals surface area contributed by atoms with Gasteiger partial charge in [0.2, 0.25) is 0 Å². The van der Waals surface area contributed by atoms with Crippen LogP contribution >= 0.6 is 0 Å². The molecule has 188 valence electrons. The van der Waals surface area contributed by atoms with E-state index in [1.165, 1.54) is 55.6 Å². The van der Waals surface area contributed by atoms with Crippen molar-refractivity contribution in [1.82, 2.24) is 9.80 Å². The molecule has 7 heteroatoms. The molecule has 7 nitrogen and oxygen atoms in total. The maximum absolute atomic E-state index is 10.1. The molecule has 0 amide bonds. The molecule has 0 spiro atoms. The van der Waals surface area contributed by atoms with Gasteiger partial charge in [-0.15, -0.1) is 0 Å². The van der Waals surface area contributed by atoms with Gasteiger partial charge in [-0.25, -0.2) is 0 Å². The third kappa shape index (κ3) is 7.91. The van der Waals surface area contributed by atoms with Crippen LogP contribution in [0.2, 0.25) is 0 Å². The zero-order chi connectivity index (χ0) is 23.6. The van der Waals surface area contributed by atoms with Crippen LogP contribution in [-0.2, 0) is 6.54 Å². The largest absolute Gasteiger partial charge is 0.395 e. The lowest BCUT2D eigenvalue weighted by atomic mass is 9.94. The average molecular weight is 464 g/mol. The minimum atomic E-state index is -1.18. The van der Waals surface area contributed by atoms with Gasteiger partial charge in [0, 0.05) is 25.3 Å². The Morgan fingerprint density at radius 2 is 1.67 bits per heavy atom. The van der Waals surface area contributed by atoms with E-state index >= 15 is 0 Å². The highest BCUT2D eigenvalue weighted by atomic mass is 16.4. The highest BCUT2D eigenvalue weighted by molar-refractivity contribution is 5.52. The van der Waals surface area contributed by atoms with Crippen LogP contribution in [0.1, 0.15) is 62.5 Å². The minimum absolute atomic E-state index is 0.217. The second kappa shape index (κ2) is 13.6. The Hall–Kier alpha value is -1.22. The predicted octanol–water partition coefficient (Wildman–Crippen LogP) is 2.10. The summed E-state index contributed by atoms with van der Waals surface area (Å²) in [4.78, 5) is 4.49. The van der Waals surface area contributed by atoms with Crippen molar-refractivity contribution in [2.75, 3.05) is 44.6 Å². The number of nitrogens with one attached hydrogen (secondary N) is 1. The molecule has 2 saturated heterocycles. The maximum Gasteiger partial charge on any atom is 0.109 e. The number of anilines is 1. The number of nitrogens with zero attached hydrogens (tertiary/aromatic N) is 2. The number of β-amino-alcohol motifs (C(OH)–C–C–N with tert-alkyl or cyclic N) is 1. The number of aryl methyl sites for hydroxylation is 1. The van der Waals surface area contributed by atoms with Crippen molar-refractivity contribution >= 4 is 5.69 Å². The normalized spacial score (nSPS) is 27.4. The fraction of sp³-hybridized carbons (Fsp3) is 0.769. The maximum atomic E-state index is 10.1. The first kappa shape index (κ1) is 26.4. The van der Waals surface area contributed by atoms with Gasteiger partial charge in [-0.05, 0) is 69.4 Å². The molecular weight excluding hydrogens is 418 g/mol. The lowest BCUT2D eigenvalue weighted by molar-refractivity contribution is -0.145. The molecule has 1 aromatic rings. The summed E-state index contributed by atoms with van der Waals surface area (Å²) in [6, 6.07) is 6.30. The van der Waals surface area contributed by atoms with Crippen molar-refractivity contribution in [3.05, 3.63) is 29.3 Å². The first-order chi connectivity index (χ1) is 16.0. The van der Waals surface area contributed by atoms with Crippen LogP contribution in [0.5, 0.6) is 0 Å². The average Bonchev–Trinajstić information content (AvgIpc) is 3.07. The molecule has 1 aromatic carbocycles. The molecule has 2 aliphatic rings. The van der Waals surface area contributed by atoms with E-state index in [4.69, 9.17) is 0 Å². The number of rotatable bonds is 11. The second-order valence-corrected chi connectivity index (χ2v) is 9.97. The monoisotopic (exact) mass is 463 g/mol. The summed E-state index contributed by atoms with van der Waals surface area (Å²) in [5, 5.41) is 42.9. The van der Waals surface area contributed by atoms with E-state index < -0.39 is 24.4 Å². The van der Waals surface area contributed by atoms with E-state index in [0.717, 1.165) is 38.8 Å². The highest BCUT2D eigenvalue weighted by Crippen LogP contribution is 2.21. The number of aliphatic hydroxyl groups is 4. The molecule has 3 rings (SSSR count). The Balaban J connectivity index is 1.31. The minimum Gasteiger partial charge on any atom is -0.395 e. The molecule has 33 heavy (non-hydrogen) atoms. The molecule has 2 aliphatic heterocycles. The molecule has 4 atom stereocenters. The Morgan fingerprint density at radius 1 is 0.939 bits per heavy atom. The smallest absolute Gasteiger partial charge is 0.109 e. The second-order valence-electron chi connectivity index (χ2n) is 9.97. The van der Waals surface area contributed by atoms with Crippen LogP contribution in [-0.4, -0.2) is 93.9 Å². The van der Waals surface area contributed by atoms with Crippen LogP contribution < -0.4 is 5.32 Å². The predicted molar refractivity (Wildman–Crippen MR) is 132 cm³/mol. The van der Waals surface area contributed by atoms with Crippen LogP contribution in [0.4, 0.5) is 5.69 Å². The Bertz CT molecular complexity index is 696. The molecule has 2 heterocycles. The lowest BCUT2D eigenvalue weighted by Crippen LogP contribution is -2.62. The zero-order valence-corrected chi connectivity index (χ0v) is 20.3. The third-order valence-corrected chi connectivity index (χ3v) is 7.30. The van der Waals surface area contributed by atoms with Gasteiger partial charge in [0.25, 0.3) is 0 Å². The summed E-state index contributed by atoms with van der Waals surface area (Å²) in [6.07, 6.45) is 6.32. The number of hydrogen-bond donors (Lipinski definition) is 5. The van der Waals surface area contributed by atoms with Gasteiger partial charge in [0.1, 0.15) is 12.2 Å². The summed E-state index contributed by atoms with van der Waals surface area (Å²) >= 11 is 0. The number of benzene rings is 1. The van der Waals surface area contributed by atoms with Gasteiger partial charge in [-0.3, -0.25) is 9.80 Å². The molecule has 0 aliphatic carbocycles. The van der Waals surface area contributed by atoms with E-state index in [1.54, 1.807) is 0 Å². The first-order valence-corrected chi connectivity index (χ1v) is 12.9. The fourth-order valence-electron chi connectivity index (χ4n) is 5.23. The van der Waals surface area contributed by atoms with Gasteiger partial charge in [-0.1, -0.05) is 37.8 Å². The Labute approximate surface area is 199 Å². The summed E-state index contributed by atoms with van der Waals surface area (Å²) in [7, 11) is 0. The molecule has 0 aromatic heterocycles. The van der Waals surface area contributed by atoms with Crippen molar-refractivity contribution in [1.29, 1.82) is 0 Å². The molecule has 5 N–H and O–H groups in total. The first-order valence-electron chi connectivity index (χ1n) is 12.9. The molecule has 0 radical (unpaired) electrons. The van der Waals surface area contributed by atoms with Gasteiger partial charge in [0.15, 0.2) is 0 Å². The summed E-state index contributed by atoms with van der Waals surface area (Å²) in [5.74, 6) is 0. The van der Waals surface area contributed by atoms with E-state index in [9.17, 15) is 20.4 Å². The summed E-state index contributed by atoms with van der Waals surface area (Å²) < 4.78 is 0. The topological polar surface area (TPSA) is 99.4 Å². The number of piperidine rings is 1. The van der Waals surface area contributed by atoms with Crippen LogP contribution in [0.15, 0.2) is 18.2 Å².